The molecule has 4 heteroatoms. The summed E-state index contributed by atoms with van der Waals surface area (Å²) in [4.78, 5) is 7.45. The van der Waals surface area contributed by atoms with E-state index in [1.807, 2.05) is 0 Å². The van der Waals surface area contributed by atoms with Gasteiger partial charge in [-0.05, 0) is 38.8 Å². The summed E-state index contributed by atoms with van der Waals surface area (Å²) in [5.41, 5.74) is 8.30. The van der Waals surface area contributed by atoms with Crippen LogP contribution in [0.2, 0.25) is 0 Å². The highest BCUT2D eigenvalue weighted by Gasteiger charge is 2.33. The monoisotopic (exact) mass is 286 g/mol. The highest BCUT2D eigenvalue weighted by atomic mass is 15.3. The third-order valence-corrected chi connectivity index (χ3v) is 5.00. The number of likely N-dealkylation sites (tertiary alicyclic amines) is 1. The summed E-state index contributed by atoms with van der Waals surface area (Å²) in [5.74, 6) is 1.14. The van der Waals surface area contributed by atoms with E-state index in [2.05, 4.69) is 54.6 Å². The first-order chi connectivity index (χ1) is 10.1. The van der Waals surface area contributed by atoms with Gasteiger partial charge in [0.05, 0.1) is 17.1 Å². The Morgan fingerprint density at radius 2 is 2.10 bits per heavy atom. The van der Waals surface area contributed by atoms with Gasteiger partial charge in [-0.25, -0.2) is 4.98 Å². The Morgan fingerprint density at radius 3 is 2.81 bits per heavy atom. The SMILES string of the molecule is CC1CCCC(CN)N1C(C)c1nc2ccccc2n1C. The molecular weight excluding hydrogens is 260 g/mol. The van der Waals surface area contributed by atoms with Crippen molar-refractivity contribution in [3.05, 3.63) is 30.1 Å². The van der Waals surface area contributed by atoms with Crippen LogP contribution in [-0.2, 0) is 7.05 Å². The molecule has 2 N–H and O–H groups in total. The first kappa shape index (κ1) is 14.5. The smallest absolute Gasteiger partial charge is 0.126 e. The maximum Gasteiger partial charge on any atom is 0.126 e. The van der Waals surface area contributed by atoms with E-state index in [0.29, 0.717) is 18.1 Å². The lowest BCUT2D eigenvalue weighted by molar-refractivity contribution is 0.0524. The minimum Gasteiger partial charge on any atom is -0.330 e. The quantitative estimate of drug-likeness (QED) is 0.944. The average Bonchev–Trinajstić information content (AvgIpc) is 2.84. The highest BCUT2D eigenvalue weighted by molar-refractivity contribution is 5.75. The number of aryl methyl sites for hydroxylation is 1. The van der Waals surface area contributed by atoms with Gasteiger partial charge in [-0.1, -0.05) is 18.6 Å². The van der Waals surface area contributed by atoms with E-state index in [1.165, 1.54) is 24.8 Å². The molecule has 0 saturated carbocycles. The van der Waals surface area contributed by atoms with Crippen molar-refractivity contribution < 1.29 is 0 Å². The lowest BCUT2D eigenvalue weighted by Crippen LogP contribution is -2.50. The third-order valence-electron chi connectivity index (χ3n) is 5.00. The van der Waals surface area contributed by atoms with Crippen LogP contribution in [0.15, 0.2) is 24.3 Å². The van der Waals surface area contributed by atoms with Crippen LogP contribution in [0.1, 0.15) is 45.0 Å². The van der Waals surface area contributed by atoms with Gasteiger partial charge in [-0.2, -0.15) is 0 Å². The molecule has 1 saturated heterocycles. The molecule has 1 aliphatic rings. The molecule has 3 unspecified atom stereocenters. The summed E-state index contributed by atoms with van der Waals surface area (Å²) in [6, 6.07) is 9.70. The fourth-order valence-corrected chi connectivity index (χ4v) is 3.92. The fourth-order valence-electron chi connectivity index (χ4n) is 3.92. The first-order valence-corrected chi connectivity index (χ1v) is 8.02. The zero-order chi connectivity index (χ0) is 15.0. The number of hydrogen-bond donors (Lipinski definition) is 1. The number of rotatable bonds is 3. The van der Waals surface area contributed by atoms with Crippen molar-refractivity contribution in [2.45, 2.75) is 51.2 Å². The molecule has 2 aromatic rings. The van der Waals surface area contributed by atoms with Gasteiger partial charge in [-0.15, -0.1) is 0 Å². The van der Waals surface area contributed by atoms with Crippen LogP contribution < -0.4 is 5.73 Å². The number of fused-ring (bicyclic) bond motifs is 1. The molecule has 3 rings (SSSR count). The Labute approximate surface area is 126 Å². The lowest BCUT2D eigenvalue weighted by atomic mass is 9.94. The summed E-state index contributed by atoms with van der Waals surface area (Å²) in [5, 5.41) is 0. The molecule has 4 nitrogen and oxygen atoms in total. The van der Waals surface area contributed by atoms with E-state index in [1.54, 1.807) is 0 Å². The highest BCUT2D eigenvalue weighted by Crippen LogP contribution is 2.32. The zero-order valence-corrected chi connectivity index (χ0v) is 13.3. The molecule has 21 heavy (non-hydrogen) atoms. The second-order valence-corrected chi connectivity index (χ2v) is 6.31. The summed E-state index contributed by atoms with van der Waals surface area (Å²) < 4.78 is 2.23. The number of piperidine rings is 1. The maximum absolute atomic E-state index is 6.02. The number of imidazole rings is 1. The predicted octanol–water partition coefficient (Wildman–Crippen LogP) is 2.84. The van der Waals surface area contributed by atoms with Crippen LogP contribution in [0.3, 0.4) is 0 Å². The second-order valence-electron chi connectivity index (χ2n) is 6.31. The Balaban J connectivity index is 1.98. The van der Waals surface area contributed by atoms with Crippen LogP contribution in [0, 0.1) is 0 Å². The van der Waals surface area contributed by atoms with Crippen LogP contribution in [0.4, 0.5) is 0 Å². The number of para-hydroxylation sites is 2. The largest absolute Gasteiger partial charge is 0.330 e. The van der Waals surface area contributed by atoms with Crippen molar-refractivity contribution >= 4 is 11.0 Å². The van der Waals surface area contributed by atoms with Crippen molar-refractivity contribution in [2.24, 2.45) is 12.8 Å². The van der Waals surface area contributed by atoms with Crippen LogP contribution in [0.25, 0.3) is 11.0 Å². The van der Waals surface area contributed by atoms with Gasteiger partial charge in [0.15, 0.2) is 0 Å². The molecule has 1 fully saturated rings. The zero-order valence-electron chi connectivity index (χ0n) is 13.3. The van der Waals surface area contributed by atoms with Gasteiger partial charge in [0.2, 0.25) is 0 Å². The number of benzene rings is 1. The minimum atomic E-state index is 0.297. The molecule has 1 aromatic carbocycles. The topological polar surface area (TPSA) is 47.1 Å². The Morgan fingerprint density at radius 1 is 1.33 bits per heavy atom. The normalized spacial score (nSPS) is 25.3. The van der Waals surface area contributed by atoms with Crippen molar-refractivity contribution in [1.82, 2.24) is 14.5 Å². The summed E-state index contributed by atoms with van der Waals surface area (Å²) in [6.45, 7) is 5.32. The molecule has 2 heterocycles. The minimum absolute atomic E-state index is 0.297. The predicted molar refractivity (Wildman–Crippen MR) is 87.1 cm³/mol. The van der Waals surface area contributed by atoms with Crippen LogP contribution >= 0.6 is 0 Å². The van der Waals surface area contributed by atoms with E-state index in [9.17, 15) is 0 Å². The number of aromatic nitrogens is 2. The molecule has 1 aromatic heterocycles. The van der Waals surface area contributed by atoms with Gasteiger partial charge < -0.3 is 10.3 Å². The molecular formula is C17H26N4. The Kier molecular flexibility index (Phi) is 4.00. The van der Waals surface area contributed by atoms with E-state index < -0.39 is 0 Å². The Hall–Kier alpha value is -1.39. The molecule has 0 spiro atoms. The second kappa shape index (κ2) is 5.78. The van der Waals surface area contributed by atoms with Gasteiger partial charge in [0.1, 0.15) is 5.82 Å². The van der Waals surface area contributed by atoms with E-state index >= 15 is 0 Å². The van der Waals surface area contributed by atoms with Crippen molar-refractivity contribution in [3.8, 4) is 0 Å². The van der Waals surface area contributed by atoms with E-state index in [0.717, 1.165) is 17.9 Å². The average molecular weight is 286 g/mol. The summed E-state index contributed by atoms with van der Waals surface area (Å²) in [6.07, 6.45) is 3.74. The van der Waals surface area contributed by atoms with Gasteiger partial charge in [-0.3, -0.25) is 4.90 Å². The van der Waals surface area contributed by atoms with Gasteiger partial charge in [0, 0.05) is 25.7 Å². The molecule has 0 aliphatic carbocycles. The molecule has 3 atom stereocenters. The first-order valence-electron chi connectivity index (χ1n) is 8.02. The van der Waals surface area contributed by atoms with Crippen LogP contribution in [0.5, 0.6) is 0 Å². The fraction of sp³-hybridized carbons (Fsp3) is 0.588. The van der Waals surface area contributed by atoms with Crippen molar-refractivity contribution in [2.75, 3.05) is 6.54 Å². The molecule has 1 aliphatic heterocycles. The number of nitrogens with zero attached hydrogens (tertiary/aromatic N) is 3. The number of hydrogen-bond acceptors (Lipinski definition) is 3. The van der Waals surface area contributed by atoms with Crippen molar-refractivity contribution in [3.63, 3.8) is 0 Å². The van der Waals surface area contributed by atoms with Gasteiger partial charge in [0.25, 0.3) is 0 Å². The summed E-state index contributed by atoms with van der Waals surface area (Å²) >= 11 is 0. The number of nitrogens with two attached hydrogens (primary N) is 1. The van der Waals surface area contributed by atoms with Crippen LogP contribution in [-0.4, -0.2) is 33.1 Å². The standard InChI is InChI=1S/C17H26N4/c1-12-7-6-8-14(11-18)21(12)13(2)17-19-15-9-4-5-10-16(15)20(17)3/h4-5,9-10,12-14H,6-8,11,18H2,1-3H3. The summed E-state index contributed by atoms with van der Waals surface area (Å²) in [7, 11) is 2.12. The molecule has 0 bridgehead atoms. The molecule has 0 amide bonds. The van der Waals surface area contributed by atoms with E-state index in [4.69, 9.17) is 10.7 Å². The van der Waals surface area contributed by atoms with Crippen molar-refractivity contribution in [1.29, 1.82) is 0 Å². The molecule has 0 radical (unpaired) electrons. The maximum atomic E-state index is 6.02. The third kappa shape index (κ3) is 2.47. The Bertz CT molecular complexity index is 618. The lowest BCUT2D eigenvalue weighted by Gasteiger charge is -2.43. The van der Waals surface area contributed by atoms with E-state index in [-0.39, 0.29) is 0 Å². The van der Waals surface area contributed by atoms with Gasteiger partial charge >= 0.3 is 0 Å². The molecule has 114 valence electrons.